The van der Waals surface area contributed by atoms with E-state index in [1.54, 1.807) is 18.2 Å². The van der Waals surface area contributed by atoms with Gasteiger partial charge in [0, 0.05) is 17.1 Å². The second kappa shape index (κ2) is 9.37. The second-order valence-electron chi connectivity index (χ2n) is 6.29. The number of methoxy groups -OCH3 is 1. The lowest BCUT2D eigenvalue weighted by Crippen LogP contribution is -2.30. The molecule has 1 atom stereocenters. The number of carbonyl (C=O) groups is 2. The Bertz CT molecular complexity index is 960. The van der Waals surface area contributed by atoms with Crippen molar-refractivity contribution in [1.82, 2.24) is 5.32 Å². The molecule has 0 spiro atoms. The van der Waals surface area contributed by atoms with Crippen LogP contribution in [0.4, 0.5) is 5.69 Å². The van der Waals surface area contributed by atoms with Crippen LogP contribution in [0.1, 0.15) is 25.0 Å². The molecule has 0 unspecified atom stereocenters. The van der Waals surface area contributed by atoms with Gasteiger partial charge in [-0.15, -0.1) is 0 Å². The Kier molecular flexibility index (Phi) is 6.87. The van der Waals surface area contributed by atoms with E-state index in [9.17, 15) is 9.59 Å². The summed E-state index contributed by atoms with van der Waals surface area (Å²) in [4.78, 5) is 24.2. The molecule has 1 aliphatic rings. The summed E-state index contributed by atoms with van der Waals surface area (Å²) < 4.78 is 11.1. The summed E-state index contributed by atoms with van der Waals surface area (Å²) in [7, 11) is 1.49. The molecule has 1 aliphatic heterocycles. The molecule has 1 heterocycles. The van der Waals surface area contributed by atoms with E-state index >= 15 is 0 Å². The summed E-state index contributed by atoms with van der Waals surface area (Å²) in [6.45, 7) is 3.43. The number of hydrogen-bond donors (Lipinski definition) is 2. The van der Waals surface area contributed by atoms with Gasteiger partial charge in [-0.05, 0) is 47.9 Å². The summed E-state index contributed by atoms with van der Waals surface area (Å²) >= 11 is 4.86. The van der Waals surface area contributed by atoms with Crippen LogP contribution in [0.2, 0.25) is 0 Å². The fourth-order valence-electron chi connectivity index (χ4n) is 2.75. The molecule has 0 aliphatic carbocycles. The number of aryl methyl sites for hydroxylation is 1. The highest BCUT2D eigenvalue weighted by molar-refractivity contribution is 9.10. The molecule has 3 rings (SSSR count). The fraction of sp³-hybridized carbons (Fsp3) is 0.238. The molecule has 1 amide bonds. The molecular formula is C21H21BrN2O4S. The monoisotopic (exact) mass is 476 g/mol. The van der Waals surface area contributed by atoms with Crippen molar-refractivity contribution >= 4 is 51.3 Å². The minimum Gasteiger partial charge on any atom is -0.493 e. The number of ether oxygens (including phenoxy) is 2. The Balaban J connectivity index is 1.77. The zero-order valence-electron chi connectivity index (χ0n) is 16.2. The third-order valence-corrected chi connectivity index (χ3v) is 5.93. The number of carbonyl (C=O) groups excluding carboxylic acids is 2. The van der Waals surface area contributed by atoms with Gasteiger partial charge in [0.25, 0.3) is 5.91 Å². The van der Waals surface area contributed by atoms with Crippen LogP contribution < -0.4 is 20.1 Å². The third-order valence-electron chi connectivity index (χ3n) is 4.21. The van der Waals surface area contributed by atoms with Crippen molar-refractivity contribution in [1.29, 1.82) is 0 Å². The largest absolute Gasteiger partial charge is 0.493 e. The fourth-order valence-corrected chi connectivity index (χ4v) is 4.16. The Morgan fingerprint density at radius 3 is 2.62 bits per heavy atom. The Morgan fingerprint density at radius 2 is 2.00 bits per heavy atom. The molecule has 0 bridgehead atoms. The lowest BCUT2D eigenvalue weighted by atomic mass is 10.1. The number of halogens is 1. The minimum atomic E-state index is -0.437. The standard InChI is InChI=1S/C21H21BrN2O4S/c1-4-13-5-7-15(8-6-13)23-21-24-20(26)19(29-21)10-14-9-17(27-3)18(11-16(14)22)28-12(2)25/h5-11,21,23H,4H2,1-3H3,(H,24,26)/b19-10-/t21-/m1/s1. The van der Waals surface area contributed by atoms with Gasteiger partial charge in [-0.1, -0.05) is 46.7 Å². The lowest BCUT2D eigenvalue weighted by molar-refractivity contribution is -0.132. The summed E-state index contributed by atoms with van der Waals surface area (Å²) in [5, 5.41) is 6.22. The normalized spacial score (nSPS) is 17.2. The Morgan fingerprint density at radius 1 is 1.28 bits per heavy atom. The number of esters is 1. The summed E-state index contributed by atoms with van der Waals surface area (Å²) in [6.07, 6.45) is 2.75. The SMILES string of the molecule is CCc1ccc(N[C@@H]2NC(=O)/C(=C/c3cc(OC)c(OC(C)=O)cc3Br)S2)cc1. The maximum absolute atomic E-state index is 12.4. The molecule has 1 saturated heterocycles. The van der Waals surface area contributed by atoms with Crippen LogP contribution in [0, 0.1) is 0 Å². The molecule has 1 fully saturated rings. The predicted molar refractivity (Wildman–Crippen MR) is 119 cm³/mol. The van der Waals surface area contributed by atoms with Gasteiger partial charge in [-0.3, -0.25) is 9.59 Å². The van der Waals surface area contributed by atoms with Crippen LogP contribution in [0.5, 0.6) is 11.5 Å². The van der Waals surface area contributed by atoms with E-state index in [1.165, 1.54) is 31.4 Å². The summed E-state index contributed by atoms with van der Waals surface area (Å²) in [5.41, 5.74) is 2.68. The number of hydrogen-bond acceptors (Lipinski definition) is 6. The minimum absolute atomic E-state index is 0.160. The van der Waals surface area contributed by atoms with Crippen molar-refractivity contribution in [3.8, 4) is 11.5 Å². The lowest BCUT2D eigenvalue weighted by Gasteiger charge is -2.13. The molecule has 0 radical (unpaired) electrons. The molecule has 152 valence electrons. The van der Waals surface area contributed by atoms with Crippen molar-refractivity contribution in [3.05, 3.63) is 56.9 Å². The van der Waals surface area contributed by atoms with Crippen LogP contribution in [-0.2, 0) is 16.0 Å². The van der Waals surface area contributed by atoms with E-state index in [4.69, 9.17) is 9.47 Å². The van der Waals surface area contributed by atoms with E-state index in [0.717, 1.165) is 17.7 Å². The molecular weight excluding hydrogens is 456 g/mol. The zero-order chi connectivity index (χ0) is 21.0. The topological polar surface area (TPSA) is 76.7 Å². The number of thioether (sulfide) groups is 1. The first-order valence-corrected chi connectivity index (χ1v) is 10.7. The number of nitrogens with one attached hydrogen (secondary N) is 2. The molecule has 6 nitrogen and oxygen atoms in total. The third kappa shape index (κ3) is 5.33. The average Bonchev–Trinajstić information content (AvgIpc) is 3.02. The highest BCUT2D eigenvalue weighted by Crippen LogP contribution is 2.37. The van der Waals surface area contributed by atoms with Gasteiger partial charge in [0.15, 0.2) is 17.0 Å². The highest BCUT2D eigenvalue weighted by Gasteiger charge is 2.27. The van der Waals surface area contributed by atoms with E-state index in [2.05, 4.69) is 45.6 Å². The van der Waals surface area contributed by atoms with Crippen molar-refractivity contribution < 1.29 is 19.1 Å². The van der Waals surface area contributed by atoms with Gasteiger partial charge in [-0.25, -0.2) is 0 Å². The maximum Gasteiger partial charge on any atom is 0.308 e. The first-order chi connectivity index (χ1) is 13.9. The molecule has 29 heavy (non-hydrogen) atoms. The quantitative estimate of drug-likeness (QED) is 0.361. The number of rotatable bonds is 6. The van der Waals surface area contributed by atoms with Gasteiger partial charge in [0.05, 0.1) is 12.0 Å². The van der Waals surface area contributed by atoms with Crippen molar-refractivity contribution in [2.75, 3.05) is 12.4 Å². The van der Waals surface area contributed by atoms with Gasteiger partial charge < -0.3 is 20.1 Å². The summed E-state index contributed by atoms with van der Waals surface area (Å²) in [6, 6.07) is 11.5. The Labute approximate surface area is 182 Å². The molecule has 2 aromatic carbocycles. The van der Waals surface area contributed by atoms with Crippen LogP contribution in [0.15, 0.2) is 45.8 Å². The van der Waals surface area contributed by atoms with Crippen LogP contribution in [0.3, 0.4) is 0 Å². The predicted octanol–water partition coefficient (Wildman–Crippen LogP) is 4.55. The van der Waals surface area contributed by atoms with E-state index in [-0.39, 0.29) is 11.4 Å². The van der Waals surface area contributed by atoms with Crippen LogP contribution in [0.25, 0.3) is 6.08 Å². The van der Waals surface area contributed by atoms with Gasteiger partial charge in [0.2, 0.25) is 0 Å². The van der Waals surface area contributed by atoms with Gasteiger partial charge >= 0.3 is 5.97 Å². The second-order valence-corrected chi connectivity index (χ2v) is 8.29. The smallest absolute Gasteiger partial charge is 0.308 e. The first kappa shape index (κ1) is 21.3. The van der Waals surface area contributed by atoms with E-state index < -0.39 is 5.97 Å². The number of anilines is 1. The first-order valence-electron chi connectivity index (χ1n) is 9.00. The van der Waals surface area contributed by atoms with Crippen molar-refractivity contribution in [2.45, 2.75) is 25.8 Å². The van der Waals surface area contributed by atoms with Crippen LogP contribution >= 0.6 is 27.7 Å². The molecule has 2 aromatic rings. The van der Waals surface area contributed by atoms with Crippen molar-refractivity contribution in [3.63, 3.8) is 0 Å². The summed E-state index contributed by atoms with van der Waals surface area (Å²) in [5.74, 6) is 0.123. The van der Waals surface area contributed by atoms with Crippen molar-refractivity contribution in [2.24, 2.45) is 0 Å². The highest BCUT2D eigenvalue weighted by atomic mass is 79.9. The van der Waals surface area contributed by atoms with Gasteiger partial charge in [-0.2, -0.15) is 0 Å². The number of amides is 1. The molecule has 0 aromatic heterocycles. The average molecular weight is 477 g/mol. The van der Waals surface area contributed by atoms with Gasteiger partial charge in [0.1, 0.15) is 0 Å². The molecule has 8 heteroatoms. The Hall–Kier alpha value is -2.45. The van der Waals surface area contributed by atoms with Crippen LogP contribution in [-0.4, -0.2) is 24.5 Å². The zero-order valence-corrected chi connectivity index (χ0v) is 18.6. The maximum atomic E-state index is 12.4. The van der Waals surface area contributed by atoms with E-state index in [1.807, 2.05) is 12.1 Å². The molecule has 0 saturated carbocycles. The number of benzene rings is 2. The van der Waals surface area contributed by atoms with E-state index in [0.29, 0.717) is 20.9 Å². The molecule has 2 N–H and O–H groups in total.